The Morgan fingerprint density at radius 1 is 1.64 bits per heavy atom. The fourth-order valence-electron chi connectivity index (χ4n) is 1.67. The van der Waals surface area contributed by atoms with Crippen molar-refractivity contribution in [2.75, 3.05) is 11.5 Å². The topological polar surface area (TPSA) is 29.1 Å². The van der Waals surface area contributed by atoms with Crippen LogP contribution in [0.25, 0.3) is 0 Å². The lowest BCUT2D eigenvalue weighted by Gasteiger charge is -2.27. The van der Waals surface area contributed by atoms with E-state index in [2.05, 4.69) is 12.2 Å². The second kappa shape index (κ2) is 4.31. The predicted octanol–water partition coefficient (Wildman–Crippen LogP) is 2.18. The van der Waals surface area contributed by atoms with Crippen molar-refractivity contribution in [2.45, 2.75) is 19.0 Å². The molecule has 0 radical (unpaired) electrons. The average Bonchev–Trinajstić information content (AvgIpc) is 2.50. The van der Waals surface area contributed by atoms with Gasteiger partial charge >= 0.3 is 0 Å². The third kappa shape index (κ3) is 2.37. The predicted molar refractivity (Wildman–Crippen MR) is 62.5 cm³/mol. The Morgan fingerprint density at radius 2 is 2.43 bits per heavy atom. The first-order valence-corrected chi connectivity index (χ1v) is 7.24. The lowest BCUT2D eigenvalue weighted by Crippen LogP contribution is -2.42. The number of hydrogen-bond acceptors (Lipinski definition) is 3. The summed E-state index contributed by atoms with van der Waals surface area (Å²) in [5.74, 6) is 1.46. The van der Waals surface area contributed by atoms with Gasteiger partial charge in [-0.05, 0) is 23.9 Å². The molecule has 1 saturated heterocycles. The number of hydrogen-bond donors (Lipinski definition) is 1. The quantitative estimate of drug-likeness (QED) is 0.827. The normalized spacial score (nSPS) is 33.1. The number of halogens is 1. The molecule has 14 heavy (non-hydrogen) atoms. The number of rotatable bonds is 1. The minimum atomic E-state index is -0.693. The third-order valence-electron chi connectivity index (χ3n) is 2.26. The Balaban J connectivity index is 2.14. The minimum Gasteiger partial charge on any atom is -0.306 e. The van der Waals surface area contributed by atoms with E-state index in [1.54, 1.807) is 0 Å². The Kier molecular flexibility index (Phi) is 3.27. The highest BCUT2D eigenvalue weighted by Gasteiger charge is 2.24. The van der Waals surface area contributed by atoms with Gasteiger partial charge in [0.2, 0.25) is 0 Å². The summed E-state index contributed by atoms with van der Waals surface area (Å²) in [4.78, 5) is 0. The fraction of sp³-hybridized carbons (Fsp3) is 0.556. The first kappa shape index (κ1) is 10.6. The summed E-state index contributed by atoms with van der Waals surface area (Å²) < 4.78 is 12.3. The zero-order chi connectivity index (χ0) is 10.1. The molecule has 2 heterocycles. The Morgan fingerprint density at radius 3 is 3.00 bits per heavy atom. The van der Waals surface area contributed by atoms with Gasteiger partial charge in [-0.15, -0.1) is 11.3 Å². The monoisotopic (exact) mass is 249 g/mol. The van der Waals surface area contributed by atoms with Crippen molar-refractivity contribution >= 4 is 33.7 Å². The second-order valence-electron chi connectivity index (χ2n) is 3.58. The van der Waals surface area contributed by atoms with Gasteiger partial charge < -0.3 is 5.32 Å². The average molecular weight is 250 g/mol. The smallest absolute Gasteiger partial charge is 0.0931 e. The highest BCUT2D eigenvalue weighted by molar-refractivity contribution is 7.85. The van der Waals surface area contributed by atoms with Crippen molar-refractivity contribution in [1.82, 2.24) is 5.32 Å². The van der Waals surface area contributed by atoms with E-state index >= 15 is 0 Å². The van der Waals surface area contributed by atoms with Gasteiger partial charge in [0, 0.05) is 34.4 Å². The number of thiophene rings is 1. The van der Waals surface area contributed by atoms with E-state index in [0.717, 1.165) is 10.1 Å². The summed E-state index contributed by atoms with van der Waals surface area (Å²) in [6, 6.07) is 2.50. The van der Waals surface area contributed by atoms with Crippen molar-refractivity contribution in [3.05, 3.63) is 21.3 Å². The van der Waals surface area contributed by atoms with Crippen molar-refractivity contribution in [3.8, 4) is 0 Å². The van der Waals surface area contributed by atoms with E-state index in [1.807, 2.05) is 11.4 Å². The van der Waals surface area contributed by atoms with E-state index in [0.29, 0.717) is 11.8 Å². The maximum atomic E-state index is 11.5. The van der Waals surface area contributed by atoms with Gasteiger partial charge in [0.25, 0.3) is 0 Å². The lowest BCUT2D eigenvalue weighted by atomic mass is 10.1. The molecule has 2 rings (SSSR count). The summed E-state index contributed by atoms with van der Waals surface area (Å²) in [6.45, 7) is 2.07. The Labute approximate surface area is 95.1 Å². The fourth-order valence-corrected chi connectivity index (χ4v) is 4.07. The summed E-state index contributed by atoms with van der Waals surface area (Å²) in [6.07, 6.45) is 0. The lowest BCUT2D eigenvalue weighted by molar-refractivity contribution is 0.490. The molecule has 3 atom stereocenters. The molecule has 1 aliphatic heterocycles. The first-order valence-electron chi connectivity index (χ1n) is 4.50. The van der Waals surface area contributed by atoms with Crippen molar-refractivity contribution < 1.29 is 4.21 Å². The maximum absolute atomic E-state index is 11.5. The van der Waals surface area contributed by atoms with E-state index < -0.39 is 10.8 Å². The molecule has 0 amide bonds. The molecule has 1 fully saturated rings. The molecule has 2 nitrogen and oxygen atoms in total. The highest BCUT2D eigenvalue weighted by atomic mass is 35.5. The molecule has 0 bridgehead atoms. The molecule has 1 aromatic rings. The van der Waals surface area contributed by atoms with E-state index in [4.69, 9.17) is 11.6 Å². The zero-order valence-corrected chi connectivity index (χ0v) is 10.2. The molecule has 0 saturated carbocycles. The molecule has 1 N–H and O–H groups in total. The minimum absolute atomic E-state index is 0.211. The molecule has 0 aliphatic carbocycles. The molecular weight excluding hydrogens is 238 g/mol. The standard InChI is InChI=1S/C9H12ClNOS2/c1-6-4-14(12)5-8(11-6)7-2-9(10)13-3-7/h2-3,6,8,11H,4-5H2,1H3. The van der Waals surface area contributed by atoms with Crippen LogP contribution < -0.4 is 5.32 Å². The van der Waals surface area contributed by atoms with Crippen LogP contribution in [0.2, 0.25) is 4.34 Å². The van der Waals surface area contributed by atoms with E-state index in [-0.39, 0.29) is 6.04 Å². The summed E-state index contributed by atoms with van der Waals surface area (Å²) in [5, 5.41) is 5.47. The second-order valence-corrected chi connectivity index (χ2v) is 6.67. The van der Waals surface area contributed by atoms with Gasteiger partial charge in [-0.2, -0.15) is 0 Å². The van der Waals surface area contributed by atoms with Crippen molar-refractivity contribution in [1.29, 1.82) is 0 Å². The van der Waals surface area contributed by atoms with Gasteiger partial charge in [-0.3, -0.25) is 4.21 Å². The molecule has 1 aliphatic rings. The summed E-state index contributed by atoms with van der Waals surface area (Å²) in [7, 11) is -0.693. The van der Waals surface area contributed by atoms with Crippen LogP contribution in [0, 0.1) is 0 Å². The third-order valence-corrected chi connectivity index (χ3v) is 4.95. The van der Waals surface area contributed by atoms with Gasteiger partial charge in [0.05, 0.1) is 4.34 Å². The Hall–Kier alpha value is 0.1000. The molecular formula is C9H12ClNOS2. The molecule has 0 spiro atoms. The maximum Gasteiger partial charge on any atom is 0.0931 e. The van der Waals surface area contributed by atoms with Crippen LogP contribution in [-0.2, 0) is 10.8 Å². The van der Waals surface area contributed by atoms with Crippen LogP contribution in [0.5, 0.6) is 0 Å². The van der Waals surface area contributed by atoms with Crippen LogP contribution in [-0.4, -0.2) is 21.8 Å². The number of nitrogens with one attached hydrogen (secondary N) is 1. The van der Waals surface area contributed by atoms with E-state index in [1.165, 1.54) is 16.9 Å². The zero-order valence-electron chi connectivity index (χ0n) is 7.83. The van der Waals surface area contributed by atoms with Crippen LogP contribution in [0.4, 0.5) is 0 Å². The van der Waals surface area contributed by atoms with Crippen LogP contribution in [0.1, 0.15) is 18.5 Å². The van der Waals surface area contributed by atoms with E-state index in [9.17, 15) is 4.21 Å². The molecule has 0 aromatic carbocycles. The molecule has 3 unspecified atom stereocenters. The largest absolute Gasteiger partial charge is 0.306 e. The van der Waals surface area contributed by atoms with Gasteiger partial charge in [0.15, 0.2) is 0 Å². The van der Waals surface area contributed by atoms with Gasteiger partial charge in [-0.25, -0.2) is 0 Å². The van der Waals surface area contributed by atoms with Crippen LogP contribution in [0.15, 0.2) is 11.4 Å². The van der Waals surface area contributed by atoms with Crippen molar-refractivity contribution in [2.24, 2.45) is 0 Å². The summed E-state index contributed by atoms with van der Waals surface area (Å²) >= 11 is 7.39. The Bertz CT molecular complexity index is 352. The van der Waals surface area contributed by atoms with Crippen molar-refractivity contribution in [3.63, 3.8) is 0 Å². The highest BCUT2D eigenvalue weighted by Crippen LogP contribution is 2.27. The SMILES string of the molecule is CC1CS(=O)CC(c2csc(Cl)c2)N1. The van der Waals surface area contributed by atoms with Crippen LogP contribution >= 0.6 is 22.9 Å². The van der Waals surface area contributed by atoms with Crippen LogP contribution in [0.3, 0.4) is 0 Å². The first-order chi connectivity index (χ1) is 6.65. The molecule has 5 heteroatoms. The molecule has 1 aromatic heterocycles. The summed E-state index contributed by atoms with van der Waals surface area (Å²) in [5.41, 5.74) is 1.17. The van der Waals surface area contributed by atoms with Gasteiger partial charge in [0.1, 0.15) is 0 Å². The van der Waals surface area contributed by atoms with Gasteiger partial charge in [-0.1, -0.05) is 11.6 Å². The molecule has 78 valence electrons.